The number of rotatable bonds is 2. The number of nitrogens with zero attached hydrogens (tertiary/aromatic N) is 2. The Morgan fingerprint density at radius 1 is 1.12 bits per heavy atom. The van der Waals surface area contributed by atoms with E-state index in [0.29, 0.717) is 5.95 Å². The first-order chi connectivity index (χ1) is 7.99. The molecule has 4 heteroatoms. The molecule has 17 heavy (non-hydrogen) atoms. The lowest BCUT2D eigenvalue weighted by Crippen LogP contribution is -2.08. The highest BCUT2D eigenvalue weighted by Gasteiger charge is 2.16. The van der Waals surface area contributed by atoms with Gasteiger partial charge in [0.25, 0.3) is 0 Å². The molecule has 1 heterocycles. The first-order valence-electron chi connectivity index (χ1n) is 5.63. The maximum atomic E-state index is 4.55. The van der Waals surface area contributed by atoms with Crippen LogP contribution in [0.1, 0.15) is 20.8 Å². The van der Waals surface area contributed by atoms with E-state index in [9.17, 15) is 0 Å². The highest BCUT2D eigenvalue weighted by Crippen LogP contribution is 2.35. The van der Waals surface area contributed by atoms with Crippen LogP contribution in [0.5, 0.6) is 0 Å². The number of fused-ring (bicyclic) bond motifs is 1. The van der Waals surface area contributed by atoms with Crippen LogP contribution in [-0.2, 0) is 0 Å². The minimum atomic E-state index is 0.141. The molecule has 3 nitrogen and oxygen atoms in total. The van der Waals surface area contributed by atoms with Crippen molar-refractivity contribution in [2.24, 2.45) is 0 Å². The van der Waals surface area contributed by atoms with E-state index < -0.39 is 0 Å². The van der Waals surface area contributed by atoms with Gasteiger partial charge in [-0.05, 0) is 6.07 Å². The Bertz CT molecular complexity index is 532. The number of nitrogens with one attached hydrogen (secondary N) is 1. The molecule has 1 aromatic carbocycles. The summed E-state index contributed by atoms with van der Waals surface area (Å²) in [6.45, 7) is 6.56. The molecule has 0 atom stereocenters. The van der Waals surface area contributed by atoms with Crippen LogP contribution >= 0.6 is 11.8 Å². The molecule has 0 amide bonds. The second kappa shape index (κ2) is 4.53. The first kappa shape index (κ1) is 12.2. The van der Waals surface area contributed by atoms with E-state index in [4.69, 9.17) is 0 Å². The zero-order valence-electron chi connectivity index (χ0n) is 10.6. The number of benzene rings is 1. The van der Waals surface area contributed by atoms with E-state index in [0.717, 1.165) is 15.9 Å². The van der Waals surface area contributed by atoms with E-state index in [-0.39, 0.29) is 4.75 Å². The lowest BCUT2D eigenvalue weighted by molar-refractivity contribution is 0.800. The Labute approximate surface area is 106 Å². The molecule has 0 bridgehead atoms. The molecule has 1 N–H and O–H groups in total. The normalized spacial score (nSPS) is 11.8. The molecular formula is C13H17N3S. The Balaban J connectivity index is 2.58. The van der Waals surface area contributed by atoms with Gasteiger partial charge >= 0.3 is 0 Å². The Morgan fingerprint density at radius 3 is 2.47 bits per heavy atom. The van der Waals surface area contributed by atoms with Gasteiger partial charge in [-0.25, -0.2) is 9.97 Å². The van der Waals surface area contributed by atoms with Gasteiger partial charge in [-0.2, -0.15) is 0 Å². The molecule has 2 rings (SSSR count). The third kappa shape index (κ3) is 2.88. The third-order valence-electron chi connectivity index (χ3n) is 2.19. The fourth-order valence-electron chi connectivity index (χ4n) is 1.53. The minimum absolute atomic E-state index is 0.141. The summed E-state index contributed by atoms with van der Waals surface area (Å²) < 4.78 is 0.141. The molecule has 0 saturated carbocycles. The van der Waals surface area contributed by atoms with Gasteiger partial charge in [-0.1, -0.05) is 50.7 Å². The smallest absolute Gasteiger partial charge is 0.224 e. The van der Waals surface area contributed by atoms with Crippen LogP contribution in [0, 0.1) is 0 Å². The molecule has 1 aromatic heterocycles. The molecule has 2 aromatic rings. The summed E-state index contributed by atoms with van der Waals surface area (Å²) in [5, 5.41) is 5.16. The van der Waals surface area contributed by atoms with Gasteiger partial charge < -0.3 is 5.32 Å². The van der Waals surface area contributed by atoms with Gasteiger partial charge in [0.15, 0.2) is 0 Å². The number of hydrogen-bond acceptors (Lipinski definition) is 4. The average Bonchev–Trinajstić information content (AvgIpc) is 2.26. The van der Waals surface area contributed by atoms with Crippen LogP contribution in [0.4, 0.5) is 5.95 Å². The maximum absolute atomic E-state index is 4.55. The van der Waals surface area contributed by atoms with Crippen molar-refractivity contribution in [1.29, 1.82) is 0 Å². The first-order valence-corrected chi connectivity index (χ1v) is 6.45. The highest BCUT2D eigenvalue weighted by atomic mass is 32.2. The number of hydrogen-bond donors (Lipinski definition) is 1. The highest BCUT2D eigenvalue weighted by molar-refractivity contribution is 8.00. The summed E-state index contributed by atoms with van der Waals surface area (Å²) >= 11 is 1.77. The van der Waals surface area contributed by atoms with E-state index in [1.807, 2.05) is 25.2 Å². The molecule has 0 aliphatic rings. The quantitative estimate of drug-likeness (QED) is 0.650. The lowest BCUT2D eigenvalue weighted by Gasteiger charge is -2.18. The Hall–Kier alpha value is -1.29. The molecule has 0 spiro atoms. The molecule has 0 unspecified atom stereocenters. The molecule has 0 fully saturated rings. The lowest BCUT2D eigenvalue weighted by atomic mass is 10.2. The van der Waals surface area contributed by atoms with Gasteiger partial charge in [0.05, 0.1) is 5.52 Å². The molecule has 0 aliphatic heterocycles. The molecule has 0 saturated heterocycles. The van der Waals surface area contributed by atoms with Gasteiger partial charge in [-0.3, -0.25) is 0 Å². The molecule has 90 valence electrons. The maximum Gasteiger partial charge on any atom is 0.224 e. The van der Waals surface area contributed by atoms with Crippen molar-refractivity contribution in [3.8, 4) is 0 Å². The second-order valence-electron chi connectivity index (χ2n) is 4.83. The topological polar surface area (TPSA) is 37.8 Å². The van der Waals surface area contributed by atoms with Gasteiger partial charge in [0.1, 0.15) is 5.03 Å². The van der Waals surface area contributed by atoms with Crippen LogP contribution in [0.15, 0.2) is 29.3 Å². The van der Waals surface area contributed by atoms with Crippen molar-refractivity contribution < 1.29 is 0 Å². The van der Waals surface area contributed by atoms with Crippen LogP contribution in [-0.4, -0.2) is 21.8 Å². The average molecular weight is 247 g/mol. The third-order valence-corrected chi connectivity index (χ3v) is 3.31. The van der Waals surface area contributed by atoms with Crippen molar-refractivity contribution in [3.05, 3.63) is 24.3 Å². The van der Waals surface area contributed by atoms with Crippen molar-refractivity contribution in [2.75, 3.05) is 12.4 Å². The SMILES string of the molecule is CNc1nc(SC(C)(C)C)c2ccccc2n1. The van der Waals surface area contributed by atoms with Crippen LogP contribution in [0.2, 0.25) is 0 Å². The van der Waals surface area contributed by atoms with Crippen LogP contribution < -0.4 is 5.32 Å². The van der Waals surface area contributed by atoms with Gasteiger partial charge in [-0.15, -0.1) is 0 Å². The number of anilines is 1. The van der Waals surface area contributed by atoms with Crippen LogP contribution in [0.3, 0.4) is 0 Å². The molecule has 0 radical (unpaired) electrons. The van der Waals surface area contributed by atoms with Crippen molar-refractivity contribution >= 4 is 28.6 Å². The predicted molar refractivity (Wildman–Crippen MR) is 74.7 cm³/mol. The number of para-hydroxylation sites is 1. The molecule has 0 aliphatic carbocycles. The predicted octanol–water partition coefficient (Wildman–Crippen LogP) is 3.56. The zero-order valence-corrected chi connectivity index (χ0v) is 11.4. The summed E-state index contributed by atoms with van der Waals surface area (Å²) in [6.07, 6.45) is 0. The van der Waals surface area contributed by atoms with E-state index in [1.54, 1.807) is 11.8 Å². The minimum Gasteiger partial charge on any atom is -0.357 e. The van der Waals surface area contributed by atoms with E-state index >= 15 is 0 Å². The summed E-state index contributed by atoms with van der Waals surface area (Å²) in [5.41, 5.74) is 0.985. The van der Waals surface area contributed by atoms with Crippen molar-refractivity contribution in [1.82, 2.24) is 9.97 Å². The summed E-state index contributed by atoms with van der Waals surface area (Å²) in [5.74, 6) is 0.676. The fraction of sp³-hybridized carbons (Fsp3) is 0.385. The number of aromatic nitrogens is 2. The zero-order chi connectivity index (χ0) is 12.5. The number of thioether (sulfide) groups is 1. The fourth-order valence-corrected chi connectivity index (χ4v) is 2.52. The molecular weight excluding hydrogens is 230 g/mol. The summed E-state index contributed by atoms with van der Waals surface area (Å²) in [6, 6.07) is 8.12. The second-order valence-corrected chi connectivity index (χ2v) is 6.65. The Kier molecular flexibility index (Phi) is 3.24. The largest absolute Gasteiger partial charge is 0.357 e. The van der Waals surface area contributed by atoms with Gasteiger partial charge in [0, 0.05) is 17.2 Å². The van der Waals surface area contributed by atoms with Gasteiger partial charge in [0.2, 0.25) is 5.95 Å². The van der Waals surface area contributed by atoms with Crippen LogP contribution in [0.25, 0.3) is 10.9 Å². The summed E-state index contributed by atoms with van der Waals surface area (Å²) in [7, 11) is 1.84. The van der Waals surface area contributed by atoms with E-state index in [1.165, 1.54) is 0 Å². The summed E-state index contributed by atoms with van der Waals surface area (Å²) in [4.78, 5) is 8.99. The monoisotopic (exact) mass is 247 g/mol. The van der Waals surface area contributed by atoms with E-state index in [2.05, 4.69) is 42.1 Å². The Morgan fingerprint density at radius 2 is 1.82 bits per heavy atom. The van der Waals surface area contributed by atoms with Crippen molar-refractivity contribution in [2.45, 2.75) is 30.5 Å². The standard InChI is InChI=1S/C13H17N3S/c1-13(2,3)17-11-9-7-5-6-8-10(9)15-12(14-4)16-11/h5-8H,1-4H3,(H,14,15,16). The van der Waals surface area contributed by atoms with Crippen molar-refractivity contribution in [3.63, 3.8) is 0 Å².